The van der Waals surface area contributed by atoms with Crippen LogP contribution in [0.15, 0.2) is 71.6 Å². The lowest BCUT2D eigenvalue weighted by atomic mass is 10.1. The minimum absolute atomic E-state index is 0.0430. The average Bonchev–Trinajstić information content (AvgIpc) is 2.75. The Hall–Kier alpha value is -3.52. The van der Waals surface area contributed by atoms with E-state index in [0.717, 1.165) is 11.3 Å². The first-order chi connectivity index (χ1) is 14.7. The summed E-state index contributed by atoms with van der Waals surface area (Å²) in [6.45, 7) is 1.92. The lowest BCUT2D eigenvalue weighted by Gasteiger charge is -2.15. The Morgan fingerprint density at radius 1 is 0.935 bits per heavy atom. The summed E-state index contributed by atoms with van der Waals surface area (Å²) in [4.78, 5) is 14.6. The van der Waals surface area contributed by atoms with Crippen molar-refractivity contribution in [2.24, 2.45) is 0 Å². The van der Waals surface area contributed by atoms with Crippen LogP contribution < -0.4 is 19.7 Å². The van der Waals surface area contributed by atoms with Crippen molar-refractivity contribution in [2.45, 2.75) is 11.8 Å². The van der Waals surface area contributed by atoms with E-state index in [1.54, 1.807) is 24.3 Å². The van der Waals surface area contributed by atoms with Gasteiger partial charge in [-0.25, -0.2) is 8.42 Å². The van der Waals surface area contributed by atoms with E-state index < -0.39 is 10.0 Å². The highest BCUT2D eigenvalue weighted by Gasteiger charge is 2.17. The minimum Gasteiger partial charge on any atom is -0.495 e. The molecule has 7 nitrogen and oxygen atoms in total. The van der Waals surface area contributed by atoms with Crippen molar-refractivity contribution in [2.75, 3.05) is 36.1 Å². The fourth-order valence-corrected chi connectivity index (χ4v) is 4.05. The molecular formula is C23H25N3O4S. The van der Waals surface area contributed by atoms with Crippen LogP contribution in [0.5, 0.6) is 5.75 Å². The van der Waals surface area contributed by atoms with Crippen LogP contribution in [-0.2, 0) is 10.0 Å². The monoisotopic (exact) mass is 439 g/mol. The fraction of sp³-hybridized carbons (Fsp3) is 0.174. The smallest absolute Gasteiger partial charge is 0.262 e. The SMILES string of the molecule is COc1ccccc1NS(=O)(=O)c1ccc(C(=O)Nc2ccc(N(C)C)cc2C)cc1. The van der Waals surface area contributed by atoms with Gasteiger partial charge in [0.1, 0.15) is 5.75 Å². The van der Waals surface area contributed by atoms with Gasteiger partial charge >= 0.3 is 0 Å². The predicted molar refractivity (Wildman–Crippen MR) is 124 cm³/mol. The number of hydrogen-bond donors (Lipinski definition) is 2. The summed E-state index contributed by atoms with van der Waals surface area (Å²) in [5.74, 6) is 0.0973. The second-order valence-electron chi connectivity index (χ2n) is 7.18. The Labute approximate surface area is 182 Å². The van der Waals surface area contributed by atoms with Crippen molar-refractivity contribution in [3.63, 3.8) is 0 Å². The maximum absolute atomic E-state index is 12.7. The third-order valence-electron chi connectivity index (χ3n) is 4.75. The van der Waals surface area contributed by atoms with Gasteiger partial charge in [-0.1, -0.05) is 12.1 Å². The molecule has 0 saturated carbocycles. The molecule has 2 N–H and O–H groups in total. The number of benzene rings is 3. The van der Waals surface area contributed by atoms with Gasteiger partial charge < -0.3 is 15.0 Å². The van der Waals surface area contributed by atoms with E-state index in [9.17, 15) is 13.2 Å². The highest BCUT2D eigenvalue weighted by molar-refractivity contribution is 7.92. The van der Waals surface area contributed by atoms with E-state index in [1.807, 2.05) is 44.1 Å². The van der Waals surface area contributed by atoms with Crippen molar-refractivity contribution < 1.29 is 17.9 Å². The molecule has 0 aliphatic carbocycles. The maximum Gasteiger partial charge on any atom is 0.262 e. The van der Waals surface area contributed by atoms with Crippen molar-refractivity contribution >= 4 is 33.0 Å². The van der Waals surface area contributed by atoms with Gasteiger partial charge in [0.05, 0.1) is 17.7 Å². The molecule has 3 aromatic carbocycles. The number of carbonyl (C=O) groups excluding carboxylic acids is 1. The predicted octanol–water partition coefficient (Wildman–Crippen LogP) is 4.12. The Bertz CT molecular complexity index is 1190. The van der Waals surface area contributed by atoms with Gasteiger partial charge in [-0.3, -0.25) is 9.52 Å². The molecular weight excluding hydrogens is 414 g/mol. The van der Waals surface area contributed by atoms with Gasteiger partial charge in [0.25, 0.3) is 15.9 Å². The number of para-hydroxylation sites is 2. The van der Waals surface area contributed by atoms with Crippen molar-refractivity contribution in [3.8, 4) is 5.75 Å². The van der Waals surface area contributed by atoms with E-state index in [1.165, 1.54) is 31.4 Å². The maximum atomic E-state index is 12.7. The molecule has 0 saturated heterocycles. The number of hydrogen-bond acceptors (Lipinski definition) is 5. The Kier molecular flexibility index (Phi) is 6.50. The van der Waals surface area contributed by atoms with Crippen molar-refractivity contribution in [1.82, 2.24) is 0 Å². The number of nitrogens with zero attached hydrogens (tertiary/aromatic N) is 1. The third-order valence-corrected chi connectivity index (χ3v) is 6.13. The minimum atomic E-state index is -3.83. The largest absolute Gasteiger partial charge is 0.495 e. The number of anilines is 3. The molecule has 0 aliphatic heterocycles. The molecule has 1 amide bonds. The van der Waals surface area contributed by atoms with Crippen molar-refractivity contribution in [3.05, 3.63) is 77.9 Å². The summed E-state index contributed by atoms with van der Waals surface area (Å²) in [5, 5.41) is 2.87. The summed E-state index contributed by atoms with van der Waals surface area (Å²) in [5.41, 5.74) is 3.35. The third kappa shape index (κ3) is 5.16. The molecule has 0 unspecified atom stereocenters. The average molecular weight is 440 g/mol. The number of methoxy groups -OCH3 is 1. The molecule has 0 aromatic heterocycles. The second kappa shape index (κ2) is 9.09. The van der Waals surface area contributed by atoms with Crippen LogP contribution in [0.4, 0.5) is 17.1 Å². The first-order valence-corrected chi connectivity index (χ1v) is 11.0. The first-order valence-electron chi connectivity index (χ1n) is 9.56. The first kappa shape index (κ1) is 22.2. The second-order valence-corrected chi connectivity index (χ2v) is 8.86. The molecule has 0 heterocycles. The Morgan fingerprint density at radius 3 is 2.23 bits per heavy atom. The molecule has 8 heteroatoms. The number of rotatable bonds is 7. The number of sulfonamides is 1. The zero-order valence-electron chi connectivity index (χ0n) is 17.8. The van der Waals surface area contributed by atoms with E-state index >= 15 is 0 Å². The lowest BCUT2D eigenvalue weighted by molar-refractivity contribution is 0.102. The van der Waals surface area contributed by atoms with Gasteiger partial charge in [0.15, 0.2) is 0 Å². The van der Waals surface area contributed by atoms with Crippen LogP contribution in [0.1, 0.15) is 15.9 Å². The quantitative estimate of drug-likeness (QED) is 0.578. The zero-order valence-corrected chi connectivity index (χ0v) is 18.7. The Balaban J connectivity index is 1.75. The number of ether oxygens (including phenoxy) is 1. The highest BCUT2D eigenvalue weighted by Crippen LogP contribution is 2.26. The van der Waals surface area contributed by atoms with Crippen LogP contribution in [0, 0.1) is 6.92 Å². The molecule has 31 heavy (non-hydrogen) atoms. The van der Waals surface area contributed by atoms with E-state index in [-0.39, 0.29) is 10.8 Å². The number of amides is 1. The lowest BCUT2D eigenvalue weighted by Crippen LogP contribution is -2.16. The van der Waals surface area contributed by atoms with Crippen LogP contribution >= 0.6 is 0 Å². The molecule has 3 aromatic rings. The summed E-state index contributed by atoms with van der Waals surface area (Å²) in [7, 11) is 1.53. The van der Waals surface area contributed by atoms with E-state index in [0.29, 0.717) is 22.7 Å². The van der Waals surface area contributed by atoms with Gasteiger partial charge in [-0.05, 0) is 67.1 Å². The number of carbonyl (C=O) groups is 1. The van der Waals surface area contributed by atoms with Crippen LogP contribution in [-0.4, -0.2) is 35.5 Å². The van der Waals surface area contributed by atoms with E-state index in [2.05, 4.69) is 10.0 Å². The summed E-state index contributed by atoms with van der Waals surface area (Å²) >= 11 is 0. The van der Waals surface area contributed by atoms with Gasteiger partial charge in [-0.2, -0.15) is 0 Å². The molecule has 0 spiro atoms. The molecule has 162 valence electrons. The van der Waals surface area contributed by atoms with Gasteiger partial charge in [0.2, 0.25) is 0 Å². The van der Waals surface area contributed by atoms with Gasteiger partial charge in [-0.15, -0.1) is 0 Å². The standard InChI is InChI=1S/C23H25N3O4S/c1-16-15-18(26(2)3)11-14-20(16)24-23(27)17-9-12-19(13-10-17)31(28,29)25-21-7-5-6-8-22(21)30-4/h5-15,25H,1-4H3,(H,24,27). The van der Waals surface area contributed by atoms with Gasteiger partial charge in [0, 0.05) is 31.0 Å². The molecule has 0 fully saturated rings. The zero-order chi connectivity index (χ0) is 22.6. The highest BCUT2D eigenvalue weighted by atomic mass is 32.2. The van der Waals surface area contributed by atoms with Crippen LogP contribution in [0.3, 0.4) is 0 Å². The summed E-state index contributed by atoms with van der Waals surface area (Å²) in [6.07, 6.45) is 0. The molecule has 0 bridgehead atoms. The molecule has 3 rings (SSSR count). The fourth-order valence-electron chi connectivity index (χ4n) is 2.98. The number of nitrogens with one attached hydrogen (secondary N) is 2. The molecule has 0 aliphatic rings. The molecule has 0 radical (unpaired) electrons. The number of aryl methyl sites for hydroxylation is 1. The summed E-state index contributed by atoms with van der Waals surface area (Å²) in [6, 6.07) is 18.2. The van der Waals surface area contributed by atoms with Crippen molar-refractivity contribution in [1.29, 1.82) is 0 Å². The van der Waals surface area contributed by atoms with Crippen LogP contribution in [0.2, 0.25) is 0 Å². The molecule has 0 atom stereocenters. The summed E-state index contributed by atoms with van der Waals surface area (Å²) < 4.78 is 33.1. The van der Waals surface area contributed by atoms with Crippen LogP contribution in [0.25, 0.3) is 0 Å². The van der Waals surface area contributed by atoms with E-state index in [4.69, 9.17) is 4.74 Å². The topological polar surface area (TPSA) is 87.7 Å². The Morgan fingerprint density at radius 2 is 1.61 bits per heavy atom. The normalized spacial score (nSPS) is 11.0.